The molecular weight excluding hydrogens is 278 g/mol. The fraction of sp³-hybridized carbons (Fsp3) is 0.462. The number of benzene rings is 1. The van der Waals surface area contributed by atoms with E-state index in [0.717, 1.165) is 5.56 Å². The van der Waals surface area contributed by atoms with Crippen molar-refractivity contribution in [2.24, 2.45) is 17.4 Å². The molecule has 1 fully saturated rings. The van der Waals surface area contributed by atoms with E-state index >= 15 is 0 Å². The molecule has 0 aromatic heterocycles. The van der Waals surface area contributed by atoms with Crippen molar-refractivity contribution < 1.29 is 13.2 Å². The third-order valence-corrected chi connectivity index (χ3v) is 5.37. The van der Waals surface area contributed by atoms with Crippen LogP contribution in [0, 0.1) is 5.92 Å². The number of amides is 1. The van der Waals surface area contributed by atoms with Gasteiger partial charge < -0.3 is 11.5 Å². The van der Waals surface area contributed by atoms with Crippen molar-refractivity contribution in [3.63, 3.8) is 0 Å². The Hall–Kier alpha value is -1.44. The van der Waals surface area contributed by atoms with Crippen LogP contribution in [0.2, 0.25) is 0 Å². The van der Waals surface area contributed by atoms with E-state index < -0.39 is 15.9 Å². The smallest absolute Gasteiger partial charge is 0.221 e. The highest BCUT2D eigenvalue weighted by molar-refractivity contribution is 7.88. The van der Waals surface area contributed by atoms with Gasteiger partial charge in [0.15, 0.2) is 0 Å². The van der Waals surface area contributed by atoms with Gasteiger partial charge in [-0.2, -0.15) is 0 Å². The Labute approximate surface area is 118 Å². The fourth-order valence-corrected chi connectivity index (χ4v) is 3.87. The molecule has 6 nitrogen and oxygen atoms in total. The quantitative estimate of drug-likeness (QED) is 0.783. The largest absolute Gasteiger partial charge is 0.369 e. The second-order valence-corrected chi connectivity index (χ2v) is 6.99. The van der Waals surface area contributed by atoms with Gasteiger partial charge in [-0.05, 0) is 17.5 Å². The molecule has 0 aliphatic carbocycles. The van der Waals surface area contributed by atoms with Crippen LogP contribution in [-0.4, -0.2) is 31.7 Å². The molecule has 0 bridgehead atoms. The van der Waals surface area contributed by atoms with Crippen LogP contribution in [0.25, 0.3) is 0 Å². The summed E-state index contributed by atoms with van der Waals surface area (Å²) in [5.74, 6) is -0.872. The third-order valence-electron chi connectivity index (χ3n) is 3.55. The molecule has 4 N–H and O–H groups in total. The molecule has 20 heavy (non-hydrogen) atoms. The number of hydrogen-bond donors (Lipinski definition) is 2. The van der Waals surface area contributed by atoms with Crippen molar-refractivity contribution in [1.82, 2.24) is 4.31 Å². The molecule has 1 saturated heterocycles. The molecule has 1 atom stereocenters. The second-order valence-electron chi connectivity index (χ2n) is 5.02. The molecule has 0 saturated carbocycles. The summed E-state index contributed by atoms with van der Waals surface area (Å²) in [6.45, 7) is 0.981. The summed E-state index contributed by atoms with van der Waals surface area (Å²) in [7, 11) is -3.40. The van der Waals surface area contributed by atoms with Gasteiger partial charge in [-0.15, -0.1) is 0 Å². The average Bonchev–Trinajstić information content (AvgIpc) is 2.90. The standard InChI is InChI=1S/C13H19N3O3S/c14-7-10-1-3-11(4-2-10)9-20(18,19)16-6-5-12(8-16)13(15)17/h1-4,12H,5-9,14H2,(H2,15,17). The normalized spacial score (nSPS) is 20.1. The van der Waals surface area contributed by atoms with E-state index in [1.807, 2.05) is 12.1 Å². The first-order chi connectivity index (χ1) is 9.42. The Balaban J connectivity index is 2.05. The predicted molar refractivity (Wildman–Crippen MR) is 75.8 cm³/mol. The summed E-state index contributed by atoms with van der Waals surface area (Å²) in [4.78, 5) is 11.1. The third kappa shape index (κ3) is 3.36. The first kappa shape index (κ1) is 15.0. The monoisotopic (exact) mass is 297 g/mol. The van der Waals surface area contributed by atoms with Gasteiger partial charge in [0.05, 0.1) is 11.7 Å². The molecule has 0 spiro atoms. The van der Waals surface area contributed by atoms with Crippen LogP contribution in [-0.2, 0) is 27.1 Å². The number of rotatable bonds is 5. The molecule has 1 amide bonds. The van der Waals surface area contributed by atoms with Crippen LogP contribution in [0.15, 0.2) is 24.3 Å². The average molecular weight is 297 g/mol. The van der Waals surface area contributed by atoms with E-state index in [2.05, 4.69) is 0 Å². The van der Waals surface area contributed by atoms with Crippen LogP contribution in [0.5, 0.6) is 0 Å². The van der Waals surface area contributed by atoms with Crippen molar-refractivity contribution >= 4 is 15.9 Å². The Morgan fingerprint density at radius 2 is 1.85 bits per heavy atom. The molecule has 1 aromatic carbocycles. The number of primary amides is 1. The van der Waals surface area contributed by atoms with Crippen molar-refractivity contribution in [2.45, 2.75) is 18.7 Å². The highest BCUT2D eigenvalue weighted by Crippen LogP contribution is 2.21. The van der Waals surface area contributed by atoms with Gasteiger partial charge in [0.25, 0.3) is 0 Å². The molecule has 0 radical (unpaired) electrons. The Bertz CT molecular complexity index is 583. The highest BCUT2D eigenvalue weighted by atomic mass is 32.2. The lowest BCUT2D eigenvalue weighted by Gasteiger charge is -2.16. The maximum atomic E-state index is 12.3. The fourth-order valence-electron chi connectivity index (χ4n) is 2.29. The minimum atomic E-state index is -3.40. The molecule has 1 unspecified atom stereocenters. The summed E-state index contributed by atoms with van der Waals surface area (Å²) in [5, 5.41) is 0. The number of hydrogen-bond acceptors (Lipinski definition) is 4. The highest BCUT2D eigenvalue weighted by Gasteiger charge is 2.33. The van der Waals surface area contributed by atoms with Crippen LogP contribution in [0.3, 0.4) is 0 Å². The Kier molecular flexibility index (Phi) is 4.42. The Morgan fingerprint density at radius 3 is 2.35 bits per heavy atom. The predicted octanol–water partition coefficient (Wildman–Crippen LogP) is -0.218. The van der Waals surface area contributed by atoms with E-state index in [4.69, 9.17) is 11.5 Å². The van der Waals surface area contributed by atoms with Crippen molar-refractivity contribution in [1.29, 1.82) is 0 Å². The van der Waals surface area contributed by atoms with Crippen LogP contribution >= 0.6 is 0 Å². The van der Waals surface area contributed by atoms with Crippen LogP contribution in [0.4, 0.5) is 0 Å². The molecule has 1 aromatic rings. The summed E-state index contributed by atoms with van der Waals surface area (Å²) < 4.78 is 25.9. The number of carbonyl (C=O) groups excluding carboxylic acids is 1. The lowest BCUT2D eigenvalue weighted by molar-refractivity contribution is -0.121. The summed E-state index contributed by atoms with van der Waals surface area (Å²) in [6.07, 6.45) is 0.501. The number of carbonyl (C=O) groups is 1. The van der Waals surface area contributed by atoms with Gasteiger partial charge in [-0.25, -0.2) is 12.7 Å². The number of nitrogens with two attached hydrogens (primary N) is 2. The molecule has 110 valence electrons. The van der Waals surface area contributed by atoms with Crippen LogP contribution < -0.4 is 11.5 Å². The molecule has 1 heterocycles. The van der Waals surface area contributed by atoms with Gasteiger partial charge in [0.2, 0.25) is 15.9 Å². The minimum Gasteiger partial charge on any atom is -0.369 e. The maximum absolute atomic E-state index is 12.3. The summed E-state index contributed by atoms with van der Waals surface area (Å²) in [6, 6.07) is 7.17. The zero-order valence-corrected chi connectivity index (χ0v) is 12.0. The zero-order valence-electron chi connectivity index (χ0n) is 11.2. The topological polar surface area (TPSA) is 106 Å². The Morgan fingerprint density at radius 1 is 1.25 bits per heavy atom. The lowest BCUT2D eigenvalue weighted by Crippen LogP contribution is -2.32. The van der Waals surface area contributed by atoms with Gasteiger partial charge in [0.1, 0.15) is 0 Å². The van der Waals surface area contributed by atoms with E-state index in [1.54, 1.807) is 12.1 Å². The van der Waals surface area contributed by atoms with E-state index in [-0.39, 0.29) is 18.2 Å². The summed E-state index contributed by atoms with van der Waals surface area (Å²) >= 11 is 0. The SMILES string of the molecule is NCc1ccc(CS(=O)(=O)N2CCC(C(N)=O)C2)cc1. The van der Waals surface area contributed by atoms with Crippen molar-refractivity contribution in [3.8, 4) is 0 Å². The van der Waals surface area contributed by atoms with Crippen molar-refractivity contribution in [2.75, 3.05) is 13.1 Å². The molecule has 1 aliphatic rings. The van der Waals surface area contributed by atoms with E-state index in [9.17, 15) is 13.2 Å². The maximum Gasteiger partial charge on any atom is 0.221 e. The molecule has 1 aliphatic heterocycles. The van der Waals surface area contributed by atoms with Gasteiger partial charge in [-0.1, -0.05) is 24.3 Å². The van der Waals surface area contributed by atoms with Crippen molar-refractivity contribution in [3.05, 3.63) is 35.4 Å². The molecule has 7 heteroatoms. The lowest BCUT2D eigenvalue weighted by atomic mass is 10.1. The molecule has 2 rings (SSSR count). The molecular formula is C13H19N3O3S. The van der Waals surface area contributed by atoms with Gasteiger partial charge in [0, 0.05) is 19.6 Å². The minimum absolute atomic E-state index is 0.0661. The van der Waals surface area contributed by atoms with Crippen LogP contribution in [0.1, 0.15) is 17.5 Å². The van der Waals surface area contributed by atoms with Gasteiger partial charge >= 0.3 is 0 Å². The zero-order chi connectivity index (χ0) is 14.8. The first-order valence-electron chi connectivity index (χ1n) is 6.47. The number of nitrogens with zero attached hydrogens (tertiary/aromatic N) is 1. The van der Waals surface area contributed by atoms with E-state index in [1.165, 1.54) is 4.31 Å². The number of sulfonamides is 1. The van der Waals surface area contributed by atoms with E-state index in [0.29, 0.717) is 25.1 Å². The first-order valence-corrected chi connectivity index (χ1v) is 8.08. The second kappa shape index (κ2) is 5.90. The summed E-state index contributed by atoms with van der Waals surface area (Å²) in [5.41, 5.74) is 12.4. The van der Waals surface area contributed by atoms with Gasteiger partial charge in [-0.3, -0.25) is 4.79 Å².